The molecule has 2 heterocycles. The first kappa shape index (κ1) is 12.9. The van der Waals surface area contributed by atoms with E-state index in [4.69, 9.17) is 0 Å². The van der Waals surface area contributed by atoms with Crippen molar-refractivity contribution >= 4 is 5.69 Å². The van der Waals surface area contributed by atoms with Gasteiger partial charge in [0, 0.05) is 30.9 Å². The Bertz CT molecular complexity index is 703. The predicted molar refractivity (Wildman–Crippen MR) is 81.4 cm³/mol. The summed E-state index contributed by atoms with van der Waals surface area (Å²) in [4.78, 5) is 21.4. The van der Waals surface area contributed by atoms with E-state index < -0.39 is 0 Å². The van der Waals surface area contributed by atoms with Gasteiger partial charge in [-0.2, -0.15) is 0 Å². The monoisotopic (exact) mass is 269 g/mol. The molecule has 0 saturated heterocycles. The van der Waals surface area contributed by atoms with Gasteiger partial charge in [0.1, 0.15) is 5.82 Å². The Balaban J connectivity index is 2.08. The van der Waals surface area contributed by atoms with E-state index in [1.54, 1.807) is 6.07 Å². The van der Waals surface area contributed by atoms with Crippen LogP contribution in [0.25, 0.3) is 11.4 Å². The molecule has 0 aliphatic carbocycles. The molecule has 0 saturated carbocycles. The summed E-state index contributed by atoms with van der Waals surface area (Å²) in [6, 6.07) is 7.86. The molecule has 1 aliphatic heterocycles. The number of hydrogen-bond donors (Lipinski definition) is 1. The van der Waals surface area contributed by atoms with Gasteiger partial charge in [-0.3, -0.25) is 4.79 Å². The average Bonchev–Trinajstić information content (AvgIpc) is 2.79. The van der Waals surface area contributed by atoms with Crippen molar-refractivity contribution in [3.63, 3.8) is 0 Å². The molecule has 0 spiro atoms. The van der Waals surface area contributed by atoms with Gasteiger partial charge in [-0.05, 0) is 36.1 Å². The minimum Gasteiger partial charge on any atom is -0.374 e. The van der Waals surface area contributed by atoms with Crippen molar-refractivity contribution in [1.29, 1.82) is 0 Å². The molecule has 0 atom stereocenters. The molecule has 0 unspecified atom stereocenters. The fourth-order valence-corrected chi connectivity index (χ4v) is 2.62. The highest BCUT2D eigenvalue weighted by molar-refractivity contribution is 5.66. The molecule has 1 N–H and O–H groups in total. The largest absolute Gasteiger partial charge is 0.374 e. The first-order chi connectivity index (χ1) is 9.54. The summed E-state index contributed by atoms with van der Waals surface area (Å²) in [5, 5.41) is 0. The number of likely N-dealkylation sites (N-methyl/N-ethyl adjacent to an activating group) is 1. The van der Waals surface area contributed by atoms with Crippen LogP contribution < -0.4 is 10.5 Å². The molecular formula is C16H19N3O. The van der Waals surface area contributed by atoms with Gasteiger partial charge in [-0.25, -0.2) is 4.98 Å². The van der Waals surface area contributed by atoms with Crippen LogP contribution in [0.2, 0.25) is 0 Å². The Hall–Kier alpha value is -2.10. The normalized spacial score (nSPS) is 13.9. The predicted octanol–water partition coefficient (Wildman–Crippen LogP) is 2.55. The summed E-state index contributed by atoms with van der Waals surface area (Å²) < 4.78 is 0. The summed E-state index contributed by atoms with van der Waals surface area (Å²) in [6.45, 7) is 5.14. The topological polar surface area (TPSA) is 49.0 Å². The SMILES string of the molecule is CC(C)c1cc(=O)[nH]c(-c2ccc3c(c2)CCN3C)n1. The van der Waals surface area contributed by atoms with Crippen molar-refractivity contribution in [2.75, 3.05) is 18.5 Å². The molecule has 0 bridgehead atoms. The lowest BCUT2D eigenvalue weighted by Gasteiger charge is -2.12. The van der Waals surface area contributed by atoms with Crippen LogP contribution in [0.3, 0.4) is 0 Å². The number of benzene rings is 1. The number of aromatic nitrogens is 2. The molecule has 104 valence electrons. The van der Waals surface area contributed by atoms with E-state index in [1.807, 2.05) is 19.9 Å². The zero-order valence-electron chi connectivity index (χ0n) is 12.1. The number of fused-ring (bicyclic) bond motifs is 1. The lowest BCUT2D eigenvalue weighted by molar-refractivity contribution is 0.812. The molecule has 0 radical (unpaired) electrons. The number of rotatable bonds is 2. The number of aromatic amines is 1. The molecule has 1 aliphatic rings. The minimum absolute atomic E-state index is 0.0867. The summed E-state index contributed by atoms with van der Waals surface area (Å²) >= 11 is 0. The van der Waals surface area contributed by atoms with Gasteiger partial charge >= 0.3 is 0 Å². The summed E-state index contributed by atoms with van der Waals surface area (Å²) in [5.41, 5.74) is 4.33. The smallest absolute Gasteiger partial charge is 0.251 e. The van der Waals surface area contributed by atoms with Crippen LogP contribution in [0.5, 0.6) is 0 Å². The van der Waals surface area contributed by atoms with Crippen molar-refractivity contribution in [1.82, 2.24) is 9.97 Å². The van der Waals surface area contributed by atoms with Crippen LogP contribution in [0, 0.1) is 0 Å². The lowest BCUT2D eigenvalue weighted by atomic mass is 10.1. The van der Waals surface area contributed by atoms with Crippen LogP contribution in [0.15, 0.2) is 29.1 Å². The number of nitrogens with zero attached hydrogens (tertiary/aromatic N) is 2. The fraction of sp³-hybridized carbons (Fsp3) is 0.375. The zero-order valence-corrected chi connectivity index (χ0v) is 12.1. The zero-order chi connectivity index (χ0) is 14.3. The quantitative estimate of drug-likeness (QED) is 0.911. The van der Waals surface area contributed by atoms with Crippen LogP contribution in [-0.2, 0) is 6.42 Å². The Morgan fingerprint density at radius 3 is 2.85 bits per heavy atom. The maximum Gasteiger partial charge on any atom is 0.251 e. The van der Waals surface area contributed by atoms with E-state index in [1.165, 1.54) is 11.3 Å². The van der Waals surface area contributed by atoms with Crippen LogP contribution in [-0.4, -0.2) is 23.6 Å². The van der Waals surface area contributed by atoms with E-state index in [-0.39, 0.29) is 11.5 Å². The maximum atomic E-state index is 11.8. The van der Waals surface area contributed by atoms with Gasteiger partial charge in [0.05, 0.1) is 5.69 Å². The molecule has 0 fully saturated rings. The lowest BCUT2D eigenvalue weighted by Crippen LogP contribution is -2.12. The highest BCUT2D eigenvalue weighted by Gasteiger charge is 2.16. The summed E-state index contributed by atoms with van der Waals surface area (Å²) in [5.74, 6) is 0.912. The Kier molecular flexibility index (Phi) is 3.08. The van der Waals surface area contributed by atoms with E-state index in [2.05, 4.69) is 34.0 Å². The second kappa shape index (κ2) is 4.78. The van der Waals surface area contributed by atoms with Gasteiger partial charge in [-0.1, -0.05) is 13.8 Å². The highest BCUT2D eigenvalue weighted by atomic mass is 16.1. The second-order valence-corrected chi connectivity index (χ2v) is 5.69. The molecule has 4 nitrogen and oxygen atoms in total. The number of H-pyrrole nitrogens is 1. The van der Waals surface area contributed by atoms with Crippen molar-refractivity contribution < 1.29 is 0 Å². The van der Waals surface area contributed by atoms with Gasteiger partial charge in [-0.15, -0.1) is 0 Å². The van der Waals surface area contributed by atoms with Crippen molar-refractivity contribution in [3.05, 3.63) is 45.9 Å². The Morgan fingerprint density at radius 1 is 1.30 bits per heavy atom. The minimum atomic E-state index is -0.0867. The van der Waals surface area contributed by atoms with Gasteiger partial charge in [0.15, 0.2) is 0 Å². The number of anilines is 1. The van der Waals surface area contributed by atoms with Crippen molar-refractivity contribution in [2.45, 2.75) is 26.2 Å². The van der Waals surface area contributed by atoms with E-state index in [0.717, 1.165) is 24.2 Å². The Morgan fingerprint density at radius 2 is 2.10 bits per heavy atom. The fourth-order valence-electron chi connectivity index (χ4n) is 2.62. The second-order valence-electron chi connectivity index (χ2n) is 5.69. The molecular weight excluding hydrogens is 250 g/mol. The molecule has 3 rings (SSSR count). The molecule has 0 amide bonds. The number of hydrogen-bond acceptors (Lipinski definition) is 3. The molecule has 4 heteroatoms. The standard InChI is InChI=1S/C16H19N3O/c1-10(2)13-9-15(20)18-16(17-13)12-4-5-14-11(8-12)6-7-19(14)3/h4-5,8-10H,6-7H2,1-3H3,(H,17,18,20). The molecule has 20 heavy (non-hydrogen) atoms. The van der Waals surface area contributed by atoms with Crippen LogP contribution in [0.4, 0.5) is 5.69 Å². The van der Waals surface area contributed by atoms with E-state index >= 15 is 0 Å². The van der Waals surface area contributed by atoms with Gasteiger partial charge in [0.25, 0.3) is 5.56 Å². The third kappa shape index (κ3) is 2.22. The van der Waals surface area contributed by atoms with Crippen molar-refractivity contribution in [3.8, 4) is 11.4 Å². The summed E-state index contributed by atoms with van der Waals surface area (Å²) in [7, 11) is 2.10. The Labute approximate surface area is 118 Å². The van der Waals surface area contributed by atoms with E-state index in [9.17, 15) is 4.79 Å². The molecule has 2 aromatic rings. The third-order valence-electron chi connectivity index (χ3n) is 3.83. The first-order valence-corrected chi connectivity index (χ1v) is 7.00. The third-order valence-corrected chi connectivity index (χ3v) is 3.83. The van der Waals surface area contributed by atoms with E-state index in [0.29, 0.717) is 5.82 Å². The van der Waals surface area contributed by atoms with Crippen LogP contribution in [0.1, 0.15) is 31.0 Å². The maximum absolute atomic E-state index is 11.8. The molecule has 1 aromatic carbocycles. The van der Waals surface area contributed by atoms with Gasteiger partial charge < -0.3 is 9.88 Å². The number of nitrogens with one attached hydrogen (secondary N) is 1. The van der Waals surface area contributed by atoms with Gasteiger partial charge in [0.2, 0.25) is 0 Å². The first-order valence-electron chi connectivity index (χ1n) is 7.00. The average molecular weight is 269 g/mol. The highest BCUT2D eigenvalue weighted by Crippen LogP contribution is 2.30. The van der Waals surface area contributed by atoms with Crippen LogP contribution >= 0.6 is 0 Å². The summed E-state index contributed by atoms with van der Waals surface area (Å²) in [6.07, 6.45) is 1.05. The van der Waals surface area contributed by atoms with Crippen molar-refractivity contribution in [2.24, 2.45) is 0 Å². The molecule has 1 aromatic heterocycles.